The molecule has 3 aromatic rings. The molecule has 6 nitrogen and oxygen atoms in total. The maximum Gasteiger partial charge on any atom is 0.336 e. The van der Waals surface area contributed by atoms with Gasteiger partial charge in [0, 0.05) is 7.05 Å². The number of likely N-dealkylation sites (N-methyl/N-ethyl adjacent to an activating group) is 1. The molecular formula is C26H21FN2O4S. The second-order valence-electron chi connectivity index (χ2n) is 7.61. The van der Waals surface area contributed by atoms with Crippen molar-refractivity contribution < 1.29 is 23.8 Å². The van der Waals surface area contributed by atoms with Crippen molar-refractivity contribution in [3.8, 4) is 5.75 Å². The van der Waals surface area contributed by atoms with Gasteiger partial charge >= 0.3 is 5.97 Å². The average molecular weight is 477 g/mol. The molecule has 1 fully saturated rings. The first-order valence-corrected chi connectivity index (χ1v) is 11.2. The van der Waals surface area contributed by atoms with Crippen LogP contribution in [0.2, 0.25) is 0 Å². The van der Waals surface area contributed by atoms with Gasteiger partial charge in [0.25, 0.3) is 5.91 Å². The van der Waals surface area contributed by atoms with Gasteiger partial charge in [-0.25, -0.2) is 14.2 Å². The zero-order valence-electron chi connectivity index (χ0n) is 18.5. The molecule has 0 spiro atoms. The van der Waals surface area contributed by atoms with Gasteiger partial charge in [0.2, 0.25) is 0 Å². The molecule has 1 amide bonds. The molecule has 1 heterocycles. The van der Waals surface area contributed by atoms with E-state index >= 15 is 0 Å². The summed E-state index contributed by atoms with van der Waals surface area (Å²) in [5, 5.41) is 9.80. The van der Waals surface area contributed by atoms with Crippen LogP contribution in [-0.2, 0) is 11.4 Å². The number of hydrogen-bond acceptors (Lipinski definition) is 5. The fourth-order valence-electron chi connectivity index (χ4n) is 3.32. The molecule has 1 aliphatic heterocycles. The number of carboxylic acid groups (broad SMARTS) is 1. The molecule has 0 aliphatic carbocycles. The molecule has 0 unspecified atom stereocenters. The van der Waals surface area contributed by atoms with Crippen molar-refractivity contribution in [2.45, 2.75) is 13.5 Å². The molecule has 8 heteroatoms. The maximum absolute atomic E-state index is 13.1. The number of amidine groups is 1. The Kier molecular flexibility index (Phi) is 6.79. The van der Waals surface area contributed by atoms with Crippen molar-refractivity contribution in [3.63, 3.8) is 0 Å². The molecule has 0 aromatic heterocycles. The number of benzene rings is 3. The van der Waals surface area contributed by atoms with Gasteiger partial charge in [-0.05, 0) is 77.9 Å². The van der Waals surface area contributed by atoms with Gasteiger partial charge in [-0.1, -0.05) is 30.3 Å². The molecule has 0 radical (unpaired) electrons. The first kappa shape index (κ1) is 23.3. The van der Waals surface area contributed by atoms with Gasteiger partial charge in [-0.3, -0.25) is 9.69 Å². The van der Waals surface area contributed by atoms with Crippen molar-refractivity contribution >= 4 is 40.6 Å². The number of thioether (sulfide) groups is 1. The highest BCUT2D eigenvalue weighted by Gasteiger charge is 2.30. The molecule has 3 aromatic carbocycles. The first-order chi connectivity index (χ1) is 16.3. The van der Waals surface area contributed by atoms with Crippen LogP contribution in [0.5, 0.6) is 5.75 Å². The zero-order chi connectivity index (χ0) is 24.2. The summed E-state index contributed by atoms with van der Waals surface area (Å²) >= 11 is 1.22. The standard InChI is InChI=1S/C26H21FN2O4S/c1-16-21(25(31)32)7-4-8-22(16)28-26-29(2)24(30)23(34-26)14-18-5-3-6-20(13-18)33-15-17-9-11-19(27)12-10-17/h3-14H,15H2,1-2H3,(H,31,32)/b23-14-,28-26?. The summed E-state index contributed by atoms with van der Waals surface area (Å²) in [6, 6.07) is 18.3. The van der Waals surface area contributed by atoms with E-state index in [4.69, 9.17) is 4.74 Å². The van der Waals surface area contributed by atoms with Crippen molar-refractivity contribution in [2.75, 3.05) is 7.05 Å². The minimum atomic E-state index is -1.02. The monoisotopic (exact) mass is 476 g/mol. The molecule has 0 saturated carbocycles. The zero-order valence-corrected chi connectivity index (χ0v) is 19.3. The van der Waals surface area contributed by atoms with Gasteiger partial charge in [-0.2, -0.15) is 0 Å². The van der Waals surface area contributed by atoms with E-state index in [2.05, 4.69) is 4.99 Å². The summed E-state index contributed by atoms with van der Waals surface area (Å²) in [5.74, 6) is -0.898. The lowest BCUT2D eigenvalue weighted by Gasteiger charge is -2.09. The third-order valence-corrected chi connectivity index (χ3v) is 6.29. The Morgan fingerprint density at radius 3 is 2.62 bits per heavy atom. The normalized spacial score (nSPS) is 15.9. The van der Waals surface area contributed by atoms with E-state index in [1.54, 1.807) is 44.3 Å². The van der Waals surface area contributed by atoms with Crippen LogP contribution >= 0.6 is 11.8 Å². The van der Waals surface area contributed by atoms with E-state index in [0.717, 1.165) is 11.1 Å². The molecule has 1 saturated heterocycles. The van der Waals surface area contributed by atoms with E-state index in [1.165, 1.54) is 34.9 Å². The quantitative estimate of drug-likeness (QED) is 0.466. The molecule has 172 valence electrons. The number of carboxylic acids is 1. The molecule has 1 aliphatic rings. The van der Waals surface area contributed by atoms with E-state index in [0.29, 0.717) is 33.7 Å². The Hall–Kier alpha value is -3.91. The number of amides is 1. The van der Waals surface area contributed by atoms with E-state index in [-0.39, 0.29) is 17.3 Å². The number of hydrogen-bond donors (Lipinski definition) is 1. The summed E-state index contributed by atoms with van der Waals surface area (Å²) in [4.78, 5) is 30.7. The number of aromatic carboxylic acids is 1. The highest BCUT2D eigenvalue weighted by molar-refractivity contribution is 8.18. The van der Waals surface area contributed by atoms with Crippen molar-refractivity contribution in [1.29, 1.82) is 0 Å². The van der Waals surface area contributed by atoms with Gasteiger partial charge < -0.3 is 9.84 Å². The number of rotatable bonds is 6. The fraction of sp³-hybridized carbons (Fsp3) is 0.115. The summed E-state index contributed by atoms with van der Waals surface area (Å²) in [6.45, 7) is 1.99. The van der Waals surface area contributed by atoms with Crippen LogP contribution in [0.3, 0.4) is 0 Å². The Morgan fingerprint density at radius 2 is 1.88 bits per heavy atom. The van der Waals surface area contributed by atoms with E-state index < -0.39 is 5.97 Å². The summed E-state index contributed by atoms with van der Waals surface area (Å²) in [6.07, 6.45) is 1.76. The minimum absolute atomic E-state index is 0.173. The predicted molar refractivity (Wildman–Crippen MR) is 131 cm³/mol. The molecule has 4 rings (SSSR count). The highest BCUT2D eigenvalue weighted by Crippen LogP contribution is 2.34. The Labute approximate surface area is 200 Å². The van der Waals surface area contributed by atoms with Crippen LogP contribution in [0.25, 0.3) is 6.08 Å². The maximum atomic E-state index is 13.1. The Balaban J connectivity index is 1.53. The fourth-order valence-corrected chi connectivity index (χ4v) is 4.30. The van der Waals surface area contributed by atoms with Gasteiger partial charge in [-0.15, -0.1) is 0 Å². The molecular weight excluding hydrogens is 455 g/mol. The van der Waals surface area contributed by atoms with Crippen LogP contribution in [-0.4, -0.2) is 34.1 Å². The predicted octanol–water partition coefficient (Wildman–Crippen LogP) is 5.65. The van der Waals surface area contributed by atoms with Crippen molar-refractivity contribution in [3.05, 3.63) is 99.7 Å². The smallest absolute Gasteiger partial charge is 0.336 e. The van der Waals surface area contributed by atoms with E-state index in [9.17, 15) is 19.1 Å². The van der Waals surface area contributed by atoms with Crippen LogP contribution in [0.15, 0.2) is 76.6 Å². The van der Waals surface area contributed by atoms with Crippen LogP contribution < -0.4 is 4.74 Å². The number of carbonyl (C=O) groups is 2. The number of ether oxygens (including phenoxy) is 1. The van der Waals surface area contributed by atoms with Crippen molar-refractivity contribution in [2.24, 2.45) is 4.99 Å². The average Bonchev–Trinajstić information content (AvgIpc) is 3.08. The lowest BCUT2D eigenvalue weighted by atomic mass is 10.1. The van der Waals surface area contributed by atoms with Crippen LogP contribution in [0, 0.1) is 12.7 Å². The second kappa shape index (κ2) is 9.93. The third-order valence-electron chi connectivity index (χ3n) is 5.23. The van der Waals surface area contributed by atoms with Gasteiger partial charge in [0.05, 0.1) is 16.2 Å². The number of halogens is 1. The Bertz CT molecular complexity index is 1320. The number of carbonyl (C=O) groups excluding carboxylic acids is 1. The van der Waals surface area contributed by atoms with Gasteiger partial charge in [0.1, 0.15) is 18.2 Å². The lowest BCUT2D eigenvalue weighted by Crippen LogP contribution is -2.23. The highest BCUT2D eigenvalue weighted by atomic mass is 32.2. The number of aliphatic imine (C=N–C) groups is 1. The third kappa shape index (κ3) is 5.18. The SMILES string of the molecule is Cc1c(N=C2S/C(=C\c3cccc(OCc4ccc(F)cc4)c3)C(=O)N2C)cccc1C(=O)O. The van der Waals surface area contributed by atoms with E-state index in [1.807, 2.05) is 24.3 Å². The minimum Gasteiger partial charge on any atom is -0.489 e. The molecule has 1 N–H and O–H groups in total. The largest absolute Gasteiger partial charge is 0.489 e. The summed E-state index contributed by atoms with van der Waals surface area (Å²) in [7, 11) is 1.63. The summed E-state index contributed by atoms with van der Waals surface area (Å²) in [5.41, 5.74) is 2.83. The molecule has 0 bridgehead atoms. The first-order valence-electron chi connectivity index (χ1n) is 10.4. The van der Waals surface area contributed by atoms with Gasteiger partial charge in [0.15, 0.2) is 5.17 Å². The van der Waals surface area contributed by atoms with Crippen LogP contribution in [0.4, 0.5) is 10.1 Å². The number of nitrogens with zero attached hydrogens (tertiary/aromatic N) is 2. The summed E-state index contributed by atoms with van der Waals surface area (Å²) < 4.78 is 18.9. The topological polar surface area (TPSA) is 79.2 Å². The molecule has 34 heavy (non-hydrogen) atoms. The Morgan fingerprint density at radius 1 is 1.15 bits per heavy atom. The van der Waals surface area contributed by atoms with Crippen LogP contribution in [0.1, 0.15) is 27.0 Å². The molecule has 0 atom stereocenters. The van der Waals surface area contributed by atoms with Crippen molar-refractivity contribution in [1.82, 2.24) is 4.90 Å². The lowest BCUT2D eigenvalue weighted by molar-refractivity contribution is -0.121. The second-order valence-corrected chi connectivity index (χ2v) is 8.62.